The van der Waals surface area contributed by atoms with Gasteiger partial charge in [-0.25, -0.2) is 0 Å². The average molecular weight is 445 g/mol. The second-order valence-electron chi connectivity index (χ2n) is 11.2. The smallest absolute Gasteiger partial charge is 0.399 e. The van der Waals surface area contributed by atoms with E-state index >= 15 is 0 Å². The van der Waals surface area contributed by atoms with Crippen LogP contribution in [-0.2, 0) is 27.1 Å². The van der Waals surface area contributed by atoms with E-state index in [1.807, 2.05) is 0 Å². The van der Waals surface area contributed by atoms with Gasteiger partial charge in [-0.1, -0.05) is 54.6 Å². The van der Waals surface area contributed by atoms with Crippen LogP contribution in [0.2, 0.25) is 0 Å². The number of hydrogen-bond donors (Lipinski definition) is 0. The lowest BCUT2D eigenvalue weighted by Gasteiger charge is -2.38. The van der Waals surface area contributed by atoms with E-state index in [1.54, 1.807) is 0 Å². The fourth-order valence-corrected chi connectivity index (χ4v) is 5.71. The minimum absolute atomic E-state index is 0.192. The summed E-state index contributed by atoms with van der Waals surface area (Å²) in [4.78, 5) is 15.8. The number of benzene rings is 2. The van der Waals surface area contributed by atoms with Gasteiger partial charge in [-0.3, -0.25) is 9.69 Å². The summed E-state index contributed by atoms with van der Waals surface area (Å²) >= 11 is 0. The standard InChI is InChI=1S/C28H36BNO3/c1-27(2)28(3,4)33-29(32-27)23-12-10-20(11-13-23)16-26(31)22-17-24-14-15-25(18-22)30(24)19-21-8-6-5-7-9-21/h5-13,22,24-25H,14-19H2,1-4H3. The Morgan fingerprint density at radius 2 is 1.45 bits per heavy atom. The summed E-state index contributed by atoms with van der Waals surface area (Å²) in [5.74, 6) is 0.590. The quantitative estimate of drug-likeness (QED) is 0.612. The molecule has 5 rings (SSSR count). The molecule has 4 nitrogen and oxygen atoms in total. The topological polar surface area (TPSA) is 38.8 Å². The van der Waals surface area contributed by atoms with E-state index < -0.39 is 0 Å². The van der Waals surface area contributed by atoms with Crippen molar-refractivity contribution in [3.63, 3.8) is 0 Å². The highest BCUT2D eigenvalue weighted by Gasteiger charge is 2.51. The highest BCUT2D eigenvalue weighted by molar-refractivity contribution is 6.62. The largest absolute Gasteiger partial charge is 0.494 e. The first-order valence-corrected chi connectivity index (χ1v) is 12.5. The van der Waals surface area contributed by atoms with E-state index in [9.17, 15) is 4.79 Å². The molecule has 0 aromatic heterocycles. The van der Waals surface area contributed by atoms with E-state index in [1.165, 1.54) is 18.4 Å². The predicted molar refractivity (Wildman–Crippen MR) is 132 cm³/mol. The third-order valence-electron chi connectivity index (χ3n) is 8.43. The molecule has 174 valence electrons. The van der Waals surface area contributed by atoms with E-state index in [0.29, 0.717) is 24.3 Å². The molecule has 3 aliphatic rings. The van der Waals surface area contributed by atoms with Crippen LogP contribution in [0.5, 0.6) is 0 Å². The lowest BCUT2D eigenvalue weighted by molar-refractivity contribution is -0.124. The van der Waals surface area contributed by atoms with Gasteiger partial charge < -0.3 is 9.31 Å². The number of carbonyl (C=O) groups excluding carboxylic acids is 1. The molecule has 0 aliphatic carbocycles. The molecule has 2 atom stereocenters. The van der Waals surface area contributed by atoms with Gasteiger partial charge >= 0.3 is 7.12 Å². The molecule has 3 fully saturated rings. The van der Waals surface area contributed by atoms with Gasteiger partial charge in [-0.15, -0.1) is 0 Å². The Morgan fingerprint density at radius 3 is 2.03 bits per heavy atom. The molecule has 0 saturated carbocycles. The van der Waals surface area contributed by atoms with Crippen molar-refractivity contribution in [2.24, 2.45) is 5.92 Å². The summed E-state index contributed by atoms with van der Waals surface area (Å²) in [7, 11) is -0.357. The van der Waals surface area contributed by atoms with Crippen molar-refractivity contribution >= 4 is 18.4 Å². The van der Waals surface area contributed by atoms with Gasteiger partial charge in [0.15, 0.2) is 0 Å². The molecule has 3 aliphatic heterocycles. The fourth-order valence-electron chi connectivity index (χ4n) is 5.71. The highest BCUT2D eigenvalue weighted by atomic mass is 16.7. The summed E-state index contributed by atoms with van der Waals surface area (Å²) in [5, 5.41) is 0. The molecule has 2 unspecified atom stereocenters. The Morgan fingerprint density at radius 1 is 0.879 bits per heavy atom. The monoisotopic (exact) mass is 445 g/mol. The highest BCUT2D eigenvalue weighted by Crippen LogP contribution is 2.40. The van der Waals surface area contributed by atoms with Crippen molar-refractivity contribution in [2.75, 3.05) is 0 Å². The predicted octanol–water partition coefficient (Wildman–Crippen LogP) is 4.54. The van der Waals surface area contributed by atoms with Gasteiger partial charge in [0.1, 0.15) is 5.78 Å². The zero-order valence-electron chi connectivity index (χ0n) is 20.4. The molecule has 0 radical (unpaired) electrons. The maximum Gasteiger partial charge on any atom is 0.494 e. The molecule has 0 spiro atoms. The van der Waals surface area contributed by atoms with Gasteiger partial charge in [-0.2, -0.15) is 0 Å². The number of carbonyl (C=O) groups is 1. The molecule has 2 aromatic rings. The maximum absolute atomic E-state index is 13.2. The van der Waals surface area contributed by atoms with Crippen molar-refractivity contribution in [3.8, 4) is 0 Å². The van der Waals surface area contributed by atoms with Crippen molar-refractivity contribution in [1.29, 1.82) is 0 Å². The van der Waals surface area contributed by atoms with E-state index in [4.69, 9.17) is 9.31 Å². The van der Waals surface area contributed by atoms with E-state index in [2.05, 4.69) is 87.2 Å². The van der Waals surface area contributed by atoms with Gasteiger partial charge in [0.25, 0.3) is 0 Å². The number of Topliss-reactive ketones (excluding diaryl/α,β-unsaturated/α-hetero) is 1. The lowest BCUT2D eigenvalue weighted by Crippen LogP contribution is -2.44. The molecule has 0 N–H and O–H groups in total. The van der Waals surface area contributed by atoms with Gasteiger partial charge in [0.05, 0.1) is 11.2 Å². The normalized spacial score (nSPS) is 28.2. The van der Waals surface area contributed by atoms with Crippen LogP contribution >= 0.6 is 0 Å². The SMILES string of the molecule is CC1(C)OB(c2ccc(CC(=O)C3CC4CCC(C3)N4Cc3ccccc3)cc2)OC1(C)C. The first-order chi connectivity index (χ1) is 15.7. The molecule has 3 heterocycles. The van der Waals surface area contributed by atoms with Crippen LogP contribution in [0.15, 0.2) is 54.6 Å². The number of fused-ring (bicyclic) bond motifs is 2. The second kappa shape index (κ2) is 8.68. The maximum atomic E-state index is 13.2. The number of rotatable bonds is 6. The van der Waals surface area contributed by atoms with Crippen LogP contribution in [0.1, 0.15) is 64.5 Å². The third-order valence-corrected chi connectivity index (χ3v) is 8.43. The van der Waals surface area contributed by atoms with Crippen LogP contribution in [0.25, 0.3) is 0 Å². The Hall–Kier alpha value is -1.95. The molecular formula is C28H36BNO3. The number of nitrogens with zero attached hydrogens (tertiary/aromatic N) is 1. The summed E-state index contributed by atoms with van der Waals surface area (Å²) in [6.45, 7) is 9.28. The summed E-state index contributed by atoms with van der Waals surface area (Å²) in [6, 6.07) is 20.1. The van der Waals surface area contributed by atoms with Crippen molar-refractivity contribution in [2.45, 2.75) is 89.6 Å². The third kappa shape index (κ3) is 4.56. The van der Waals surface area contributed by atoms with E-state index in [0.717, 1.165) is 30.4 Å². The van der Waals surface area contributed by atoms with Crippen LogP contribution in [0, 0.1) is 5.92 Å². The zero-order chi connectivity index (χ0) is 23.2. The van der Waals surface area contributed by atoms with Crippen LogP contribution in [0.3, 0.4) is 0 Å². The van der Waals surface area contributed by atoms with E-state index in [-0.39, 0.29) is 24.2 Å². The second-order valence-corrected chi connectivity index (χ2v) is 11.2. The first-order valence-electron chi connectivity index (χ1n) is 12.5. The Balaban J connectivity index is 1.18. The molecule has 2 aromatic carbocycles. The van der Waals surface area contributed by atoms with Crippen LogP contribution < -0.4 is 5.46 Å². The van der Waals surface area contributed by atoms with Gasteiger partial charge in [-0.05, 0) is 70.0 Å². The van der Waals surface area contributed by atoms with Crippen molar-refractivity contribution in [1.82, 2.24) is 4.90 Å². The van der Waals surface area contributed by atoms with Crippen LogP contribution in [-0.4, -0.2) is 41.1 Å². The summed E-state index contributed by atoms with van der Waals surface area (Å²) in [6.07, 6.45) is 4.99. The number of piperidine rings is 1. The minimum Gasteiger partial charge on any atom is -0.399 e. The fraction of sp³-hybridized carbons (Fsp3) is 0.536. The number of hydrogen-bond acceptors (Lipinski definition) is 4. The Labute approximate surface area is 198 Å². The van der Waals surface area contributed by atoms with Gasteiger partial charge in [0.2, 0.25) is 0 Å². The summed E-state index contributed by atoms with van der Waals surface area (Å²) in [5.41, 5.74) is 2.78. The zero-order valence-corrected chi connectivity index (χ0v) is 20.4. The van der Waals surface area contributed by atoms with Gasteiger partial charge in [0, 0.05) is 31.0 Å². The molecule has 2 bridgehead atoms. The summed E-state index contributed by atoms with van der Waals surface area (Å²) < 4.78 is 12.3. The minimum atomic E-state index is -0.357. The van der Waals surface area contributed by atoms with Crippen molar-refractivity contribution < 1.29 is 14.1 Å². The Kier molecular flexibility index (Phi) is 6.01. The molecule has 3 saturated heterocycles. The molecule has 5 heteroatoms. The average Bonchev–Trinajstić information content (AvgIpc) is 3.13. The molecule has 33 heavy (non-hydrogen) atoms. The molecular weight excluding hydrogens is 409 g/mol. The molecule has 0 amide bonds. The first kappa shape index (κ1) is 22.8. The Bertz CT molecular complexity index is 958. The van der Waals surface area contributed by atoms with Crippen LogP contribution in [0.4, 0.5) is 0 Å². The lowest BCUT2D eigenvalue weighted by atomic mass is 9.78. The van der Waals surface area contributed by atoms with Crippen molar-refractivity contribution in [3.05, 3.63) is 65.7 Å². The number of ketones is 1.